The van der Waals surface area contributed by atoms with Gasteiger partial charge in [0, 0.05) is 41.6 Å². The summed E-state index contributed by atoms with van der Waals surface area (Å²) in [6, 6.07) is 5.06. The summed E-state index contributed by atoms with van der Waals surface area (Å²) in [6.07, 6.45) is -0.0891. The van der Waals surface area contributed by atoms with Crippen molar-refractivity contribution >= 4 is 45.2 Å². The normalized spacial score (nSPS) is 18.0. The van der Waals surface area contributed by atoms with Gasteiger partial charge in [-0.3, -0.25) is 4.79 Å². The molecule has 0 spiro atoms. The van der Waals surface area contributed by atoms with E-state index in [-0.39, 0.29) is 24.5 Å². The van der Waals surface area contributed by atoms with Gasteiger partial charge in [-0.1, -0.05) is 11.6 Å². The first-order valence-electron chi connectivity index (χ1n) is 8.10. The zero-order chi connectivity index (χ0) is 18.6. The zero-order valence-corrected chi connectivity index (χ0v) is 16.9. The molecular weight excluding hydrogens is 410 g/mol. The van der Waals surface area contributed by atoms with Crippen LogP contribution in [0.2, 0.25) is 5.02 Å². The summed E-state index contributed by atoms with van der Waals surface area (Å²) < 4.78 is 6.12. The molecule has 1 atom stereocenters. The predicted octanol–water partition coefficient (Wildman–Crippen LogP) is 3.64. The van der Waals surface area contributed by atoms with Crippen LogP contribution in [0.3, 0.4) is 0 Å². The smallest absolute Gasteiger partial charge is 0.410 e. The molecule has 8 heteroatoms. The van der Waals surface area contributed by atoms with E-state index in [1.54, 1.807) is 23.1 Å². The molecule has 1 aromatic rings. The summed E-state index contributed by atoms with van der Waals surface area (Å²) in [4.78, 5) is 26.1. The Labute approximate surface area is 161 Å². The van der Waals surface area contributed by atoms with Crippen LogP contribution < -0.4 is 10.6 Å². The Morgan fingerprint density at radius 2 is 2.16 bits per heavy atom. The van der Waals surface area contributed by atoms with Gasteiger partial charge in [0.15, 0.2) is 0 Å². The van der Waals surface area contributed by atoms with Crippen LogP contribution in [0.5, 0.6) is 0 Å². The topological polar surface area (TPSA) is 70.7 Å². The number of ether oxygens (including phenoxy) is 1. The van der Waals surface area contributed by atoms with E-state index >= 15 is 0 Å². The van der Waals surface area contributed by atoms with Gasteiger partial charge in [0.2, 0.25) is 5.91 Å². The summed E-state index contributed by atoms with van der Waals surface area (Å²) in [5, 5.41) is 6.70. The standard InChI is InChI=1S/C17H23BrClN3O3/c1-17(2,3)25-16(24)22-7-6-20-12(10-22)9-15(23)21-14-5-4-11(19)8-13(14)18/h4-5,8,12,20H,6-7,9-10H2,1-3H3,(H,21,23). The Balaban J connectivity index is 1.89. The number of piperazine rings is 1. The second-order valence-corrected chi connectivity index (χ2v) is 8.24. The van der Waals surface area contributed by atoms with E-state index in [0.717, 1.165) is 4.47 Å². The van der Waals surface area contributed by atoms with Crippen LogP contribution in [0.4, 0.5) is 10.5 Å². The van der Waals surface area contributed by atoms with Gasteiger partial charge in [-0.2, -0.15) is 0 Å². The summed E-state index contributed by atoms with van der Waals surface area (Å²) in [6.45, 7) is 7.13. The highest BCUT2D eigenvalue weighted by Crippen LogP contribution is 2.26. The second kappa shape index (κ2) is 8.38. The first kappa shape index (κ1) is 20.0. The number of amides is 2. The van der Waals surface area contributed by atoms with Crippen LogP contribution >= 0.6 is 27.5 Å². The van der Waals surface area contributed by atoms with E-state index in [9.17, 15) is 9.59 Å². The van der Waals surface area contributed by atoms with E-state index in [4.69, 9.17) is 16.3 Å². The number of anilines is 1. The van der Waals surface area contributed by atoms with Gasteiger partial charge in [0.05, 0.1) is 5.69 Å². The number of benzene rings is 1. The van der Waals surface area contributed by atoms with Gasteiger partial charge in [-0.15, -0.1) is 0 Å². The molecule has 1 fully saturated rings. The fourth-order valence-electron chi connectivity index (χ4n) is 2.47. The lowest BCUT2D eigenvalue weighted by Crippen LogP contribution is -2.54. The molecule has 1 aliphatic rings. The molecule has 1 unspecified atom stereocenters. The van der Waals surface area contributed by atoms with E-state index in [0.29, 0.717) is 30.3 Å². The van der Waals surface area contributed by atoms with Crippen molar-refractivity contribution < 1.29 is 14.3 Å². The highest BCUT2D eigenvalue weighted by atomic mass is 79.9. The molecule has 6 nitrogen and oxygen atoms in total. The minimum Gasteiger partial charge on any atom is -0.444 e. The number of hydrogen-bond acceptors (Lipinski definition) is 4. The van der Waals surface area contributed by atoms with Gasteiger partial charge in [0.25, 0.3) is 0 Å². The van der Waals surface area contributed by atoms with E-state index in [1.165, 1.54) is 0 Å². The van der Waals surface area contributed by atoms with E-state index < -0.39 is 5.60 Å². The third-order valence-corrected chi connectivity index (χ3v) is 4.44. The van der Waals surface area contributed by atoms with Crippen LogP contribution in [-0.4, -0.2) is 48.2 Å². The van der Waals surface area contributed by atoms with Crippen LogP contribution in [-0.2, 0) is 9.53 Å². The number of halogens is 2. The lowest BCUT2D eigenvalue weighted by atomic mass is 10.1. The van der Waals surface area contributed by atoms with E-state index in [2.05, 4.69) is 26.6 Å². The Bertz CT molecular complexity index is 649. The Kier molecular flexibility index (Phi) is 6.71. The largest absolute Gasteiger partial charge is 0.444 e. The minimum absolute atomic E-state index is 0.118. The second-order valence-electron chi connectivity index (χ2n) is 6.95. The van der Waals surface area contributed by atoms with Gasteiger partial charge in [-0.05, 0) is 54.9 Å². The average molecular weight is 433 g/mol. The van der Waals surface area contributed by atoms with Gasteiger partial charge < -0.3 is 20.3 Å². The maximum absolute atomic E-state index is 12.3. The molecule has 0 aliphatic carbocycles. The van der Waals surface area contributed by atoms with Crippen molar-refractivity contribution in [3.8, 4) is 0 Å². The van der Waals surface area contributed by atoms with Crippen molar-refractivity contribution in [3.05, 3.63) is 27.7 Å². The Hall–Kier alpha value is -1.31. The van der Waals surface area contributed by atoms with Crippen LogP contribution in [0, 0.1) is 0 Å². The third kappa shape index (κ3) is 6.49. The summed E-state index contributed by atoms with van der Waals surface area (Å²) >= 11 is 9.27. The first-order valence-corrected chi connectivity index (χ1v) is 9.27. The lowest BCUT2D eigenvalue weighted by Gasteiger charge is -2.34. The SMILES string of the molecule is CC(C)(C)OC(=O)N1CCNC(CC(=O)Nc2ccc(Cl)cc2Br)C1. The number of carbonyl (C=O) groups is 2. The quantitative estimate of drug-likeness (QED) is 0.765. The van der Waals surface area contributed by atoms with Crippen molar-refractivity contribution in [1.82, 2.24) is 10.2 Å². The van der Waals surface area contributed by atoms with E-state index in [1.807, 2.05) is 20.8 Å². The molecule has 1 aliphatic heterocycles. The number of carbonyl (C=O) groups excluding carboxylic acids is 2. The molecule has 2 amide bonds. The average Bonchev–Trinajstić information content (AvgIpc) is 2.48. The number of rotatable bonds is 3. The molecule has 1 aromatic carbocycles. The van der Waals surface area contributed by atoms with Crippen molar-refractivity contribution in [1.29, 1.82) is 0 Å². The molecule has 0 bridgehead atoms. The molecule has 0 saturated carbocycles. The number of nitrogens with one attached hydrogen (secondary N) is 2. The van der Waals surface area contributed by atoms with Crippen LogP contribution in [0.25, 0.3) is 0 Å². The van der Waals surface area contributed by atoms with Crippen molar-refractivity contribution in [3.63, 3.8) is 0 Å². The highest BCUT2D eigenvalue weighted by Gasteiger charge is 2.28. The summed E-state index contributed by atoms with van der Waals surface area (Å²) in [5.74, 6) is -0.133. The van der Waals surface area contributed by atoms with Gasteiger partial charge >= 0.3 is 6.09 Å². The third-order valence-electron chi connectivity index (χ3n) is 3.54. The monoisotopic (exact) mass is 431 g/mol. The summed E-state index contributed by atoms with van der Waals surface area (Å²) in [5.41, 5.74) is 0.129. The number of hydrogen-bond donors (Lipinski definition) is 2. The van der Waals surface area contributed by atoms with Crippen LogP contribution in [0.15, 0.2) is 22.7 Å². The maximum Gasteiger partial charge on any atom is 0.410 e. The molecule has 0 aromatic heterocycles. The van der Waals surface area contributed by atoms with Crippen LogP contribution in [0.1, 0.15) is 27.2 Å². The van der Waals surface area contributed by atoms with Gasteiger partial charge in [-0.25, -0.2) is 4.79 Å². The summed E-state index contributed by atoms with van der Waals surface area (Å²) in [7, 11) is 0. The fourth-order valence-corrected chi connectivity index (χ4v) is 3.25. The molecule has 1 heterocycles. The lowest BCUT2D eigenvalue weighted by molar-refractivity contribution is -0.117. The maximum atomic E-state index is 12.3. The van der Waals surface area contributed by atoms with Gasteiger partial charge in [0.1, 0.15) is 5.60 Å². The van der Waals surface area contributed by atoms with Crippen molar-refractivity contribution in [2.45, 2.75) is 38.8 Å². The Morgan fingerprint density at radius 3 is 2.80 bits per heavy atom. The highest BCUT2D eigenvalue weighted by molar-refractivity contribution is 9.10. The zero-order valence-electron chi connectivity index (χ0n) is 14.6. The minimum atomic E-state index is -0.532. The Morgan fingerprint density at radius 1 is 1.44 bits per heavy atom. The van der Waals surface area contributed by atoms with Crippen molar-refractivity contribution in [2.24, 2.45) is 0 Å². The van der Waals surface area contributed by atoms with Crippen molar-refractivity contribution in [2.75, 3.05) is 25.0 Å². The first-order chi connectivity index (χ1) is 11.6. The molecule has 0 radical (unpaired) electrons. The predicted molar refractivity (Wildman–Crippen MR) is 102 cm³/mol. The number of nitrogens with zero attached hydrogens (tertiary/aromatic N) is 1. The molecule has 2 rings (SSSR count). The molecule has 1 saturated heterocycles. The fraction of sp³-hybridized carbons (Fsp3) is 0.529. The molecule has 138 valence electrons. The molecular formula is C17H23BrClN3O3. The molecule has 25 heavy (non-hydrogen) atoms. The molecule has 2 N–H and O–H groups in total.